The van der Waals surface area contributed by atoms with Crippen molar-refractivity contribution in [3.8, 4) is 0 Å². The Labute approximate surface area is 233 Å². The predicted octanol–water partition coefficient (Wildman–Crippen LogP) is 4.91. The Kier molecular flexibility index (Phi) is 6.66. The highest BCUT2D eigenvalue weighted by Gasteiger charge is 2.56. The van der Waals surface area contributed by atoms with Crippen LogP contribution < -0.4 is 16.6 Å². The molecule has 1 aliphatic heterocycles. The van der Waals surface area contributed by atoms with Gasteiger partial charge in [-0.3, -0.25) is 9.36 Å². The first-order valence-electron chi connectivity index (χ1n) is 13.9. The number of aromatic nitrogens is 2. The zero-order chi connectivity index (χ0) is 27.5. The van der Waals surface area contributed by atoms with Crippen LogP contribution in [0.5, 0.6) is 0 Å². The molecule has 2 aromatic carbocycles. The summed E-state index contributed by atoms with van der Waals surface area (Å²) in [5.74, 6) is 2.52. The fourth-order valence-corrected chi connectivity index (χ4v) is 7.07. The molecule has 3 aliphatic carbocycles. The fraction of sp³-hybridized carbons (Fsp3) is 0.500. The first kappa shape index (κ1) is 26.3. The average Bonchev–Trinajstić information content (AvgIpc) is 2.88. The molecule has 3 aromatic rings. The molecule has 1 aromatic heterocycles. The lowest BCUT2D eigenvalue weighted by Crippen LogP contribution is -2.60. The van der Waals surface area contributed by atoms with E-state index in [2.05, 4.69) is 36.0 Å². The molecule has 4 atom stereocenters. The molecule has 39 heavy (non-hydrogen) atoms. The maximum absolute atomic E-state index is 13.3. The number of fused-ring (bicyclic) bond motifs is 3. The first-order valence-corrected chi connectivity index (χ1v) is 14.3. The van der Waals surface area contributed by atoms with Crippen LogP contribution in [0.4, 0.5) is 10.1 Å². The smallest absolute Gasteiger partial charge is 0.262 e. The number of likely N-dealkylation sites (tertiary alicyclic amines) is 1. The summed E-state index contributed by atoms with van der Waals surface area (Å²) in [5.41, 5.74) is 8.59. The molecular weight excluding hydrogens is 515 g/mol. The summed E-state index contributed by atoms with van der Waals surface area (Å²) in [6, 6.07) is 12.2. The Hall–Kier alpha value is -2.97. The van der Waals surface area contributed by atoms with Gasteiger partial charge in [0, 0.05) is 31.4 Å². The molecule has 2 bridgehead atoms. The number of anilines is 1. The Morgan fingerprint density at radius 2 is 1.95 bits per heavy atom. The maximum Gasteiger partial charge on any atom is 0.262 e. The van der Waals surface area contributed by atoms with Gasteiger partial charge < -0.3 is 16.0 Å². The molecule has 7 rings (SSSR count). The number of aliphatic imine (C=N–C) groups is 1. The van der Waals surface area contributed by atoms with Crippen LogP contribution in [0.15, 0.2) is 52.3 Å². The van der Waals surface area contributed by atoms with Crippen LogP contribution in [0, 0.1) is 29.0 Å². The molecule has 3 saturated carbocycles. The number of hydrogen-bond donors (Lipinski definition) is 2. The number of nitrogens with two attached hydrogens (primary N) is 1. The molecule has 1 unspecified atom stereocenters. The average molecular weight is 551 g/mol. The van der Waals surface area contributed by atoms with Gasteiger partial charge in [-0.2, -0.15) is 0 Å². The van der Waals surface area contributed by atoms with Crippen molar-refractivity contribution in [1.82, 2.24) is 14.5 Å². The monoisotopic (exact) mass is 550 g/mol. The van der Waals surface area contributed by atoms with Crippen molar-refractivity contribution in [2.45, 2.75) is 58.7 Å². The number of benzene rings is 2. The minimum Gasteiger partial charge on any atom is -0.339 e. The van der Waals surface area contributed by atoms with E-state index in [4.69, 9.17) is 22.3 Å². The summed E-state index contributed by atoms with van der Waals surface area (Å²) in [4.78, 5) is 25.2. The van der Waals surface area contributed by atoms with E-state index in [0.29, 0.717) is 41.1 Å². The van der Waals surface area contributed by atoms with Gasteiger partial charge in [-0.25, -0.2) is 14.4 Å². The summed E-state index contributed by atoms with van der Waals surface area (Å²) in [6.07, 6.45) is 2.97. The van der Waals surface area contributed by atoms with E-state index >= 15 is 0 Å². The number of nitrogens with one attached hydrogen (secondary N) is 1. The van der Waals surface area contributed by atoms with Crippen LogP contribution in [0.25, 0.3) is 10.9 Å². The van der Waals surface area contributed by atoms with Crippen LogP contribution >= 0.6 is 11.6 Å². The summed E-state index contributed by atoms with van der Waals surface area (Å²) in [7, 11) is 0. The van der Waals surface area contributed by atoms with E-state index in [0.717, 1.165) is 42.6 Å². The van der Waals surface area contributed by atoms with Gasteiger partial charge in [-0.15, -0.1) is 0 Å². The summed E-state index contributed by atoms with van der Waals surface area (Å²) in [6.45, 7) is 9.04. The maximum atomic E-state index is 13.3. The van der Waals surface area contributed by atoms with Crippen molar-refractivity contribution in [1.29, 1.82) is 0 Å². The minimum atomic E-state index is -0.287. The fourth-order valence-electron chi connectivity index (χ4n) is 6.82. The highest BCUT2D eigenvalue weighted by atomic mass is 35.5. The van der Waals surface area contributed by atoms with Crippen LogP contribution in [0.2, 0.25) is 5.28 Å². The third-order valence-corrected chi connectivity index (χ3v) is 9.80. The van der Waals surface area contributed by atoms with Crippen LogP contribution in [0.1, 0.15) is 39.2 Å². The van der Waals surface area contributed by atoms with Gasteiger partial charge in [0.25, 0.3) is 5.56 Å². The summed E-state index contributed by atoms with van der Waals surface area (Å²) >= 11 is 6.47. The molecular formula is C30H36ClFN6O. The highest BCUT2D eigenvalue weighted by Crippen LogP contribution is 2.61. The van der Waals surface area contributed by atoms with Gasteiger partial charge >= 0.3 is 0 Å². The van der Waals surface area contributed by atoms with E-state index in [1.807, 2.05) is 12.1 Å². The molecule has 1 saturated heterocycles. The number of hydrogen-bond acceptors (Lipinski definition) is 4. The van der Waals surface area contributed by atoms with Crippen LogP contribution in [0.3, 0.4) is 0 Å². The number of aryl methyl sites for hydroxylation is 1. The summed E-state index contributed by atoms with van der Waals surface area (Å²) in [5, 5.41) is 4.14. The predicted molar refractivity (Wildman–Crippen MR) is 155 cm³/mol. The first-order chi connectivity index (χ1) is 18.6. The standard InChI is InChI=1S/C30H36ClFN6O/c1-17-24-12-19(30(24,2)3)13-25(17)36-29(37-15-21(33)16-37)34-22-8-9-23-26(14-22)35-28(31)38(27(23)39)11-10-18-4-6-20(32)7-5-18/h4-9,14,17,19,21,24-25H,10-13,15-16,33H2,1-3H3,(H,34,36)/t17-,19+,24-,25?/m0/s1. The molecule has 0 radical (unpaired) electrons. The second-order valence-corrected chi connectivity index (χ2v) is 12.5. The Morgan fingerprint density at radius 3 is 2.62 bits per heavy atom. The van der Waals surface area contributed by atoms with E-state index in [1.54, 1.807) is 18.2 Å². The van der Waals surface area contributed by atoms with Gasteiger partial charge in [-0.05, 0) is 89.9 Å². The van der Waals surface area contributed by atoms with Crippen molar-refractivity contribution in [2.24, 2.45) is 33.9 Å². The SMILES string of the molecule is C[C@@H]1C(N=C(Nc2ccc3c(=O)n(CCc4ccc(F)cc4)c(Cl)nc3c2)N2CC(N)C2)C[C@H]2C[C@@H]1C2(C)C. The van der Waals surface area contributed by atoms with Crippen molar-refractivity contribution in [3.05, 3.63) is 69.5 Å². The molecule has 0 amide bonds. The number of halogens is 2. The van der Waals surface area contributed by atoms with Gasteiger partial charge in [0.05, 0.1) is 16.9 Å². The lowest BCUT2D eigenvalue weighted by atomic mass is 9.45. The Morgan fingerprint density at radius 1 is 1.21 bits per heavy atom. The van der Waals surface area contributed by atoms with Gasteiger partial charge in [0.1, 0.15) is 5.82 Å². The van der Waals surface area contributed by atoms with E-state index in [-0.39, 0.29) is 28.7 Å². The molecule has 2 heterocycles. The van der Waals surface area contributed by atoms with Crippen molar-refractivity contribution in [2.75, 3.05) is 18.4 Å². The lowest BCUT2D eigenvalue weighted by molar-refractivity contribution is -0.108. The number of rotatable bonds is 5. The van der Waals surface area contributed by atoms with E-state index in [9.17, 15) is 9.18 Å². The van der Waals surface area contributed by atoms with Crippen molar-refractivity contribution < 1.29 is 4.39 Å². The van der Waals surface area contributed by atoms with Crippen LogP contribution in [-0.4, -0.2) is 45.6 Å². The van der Waals surface area contributed by atoms with Crippen molar-refractivity contribution in [3.63, 3.8) is 0 Å². The molecule has 7 nitrogen and oxygen atoms in total. The molecule has 206 valence electrons. The largest absolute Gasteiger partial charge is 0.339 e. The highest BCUT2D eigenvalue weighted by molar-refractivity contribution is 6.28. The third kappa shape index (κ3) is 4.82. The quantitative estimate of drug-likeness (QED) is 0.268. The zero-order valence-corrected chi connectivity index (χ0v) is 23.5. The van der Waals surface area contributed by atoms with Gasteiger partial charge in [-0.1, -0.05) is 32.9 Å². The van der Waals surface area contributed by atoms with Gasteiger partial charge in [0.2, 0.25) is 5.28 Å². The van der Waals surface area contributed by atoms with Crippen LogP contribution in [-0.2, 0) is 13.0 Å². The Bertz CT molecular complexity index is 1480. The molecule has 0 spiro atoms. The molecule has 4 aliphatic rings. The molecule has 9 heteroatoms. The lowest BCUT2D eigenvalue weighted by Gasteiger charge is -2.61. The molecule has 3 N–H and O–H groups in total. The normalized spacial score (nSPS) is 26.3. The van der Waals surface area contributed by atoms with E-state index < -0.39 is 0 Å². The second kappa shape index (κ2) is 9.89. The van der Waals surface area contributed by atoms with Gasteiger partial charge in [0.15, 0.2) is 5.96 Å². The number of guanidine groups is 1. The zero-order valence-electron chi connectivity index (χ0n) is 22.7. The third-order valence-electron chi connectivity index (χ3n) is 9.51. The minimum absolute atomic E-state index is 0.132. The summed E-state index contributed by atoms with van der Waals surface area (Å²) < 4.78 is 14.7. The van der Waals surface area contributed by atoms with E-state index in [1.165, 1.54) is 23.1 Å². The van der Waals surface area contributed by atoms with Crippen molar-refractivity contribution >= 4 is 34.2 Å². The molecule has 4 fully saturated rings. The number of nitrogens with zero attached hydrogens (tertiary/aromatic N) is 4. The second-order valence-electron chi connectivity index (χ2n) is 12.2. The topological polar surface area (TPSA) is 88.5 Å². The Balaban J connectivity index is 1.24.